The molecule has 2 heteroatoms. The summed E-state index contributed by atoms with van der Waals surface area (Å²) >= 11 is 0. The van der Waals surface area contributed by atoms with Crippen molar-refractivity contribution in [1.82, 2.24) is 0 Å². The maximum absolute atomic E-state index is 15.4. The maximum atomic E-state index is 15.4. The lowest BCUT2D eigenvalue weighted by Crippen LogP contribution is -2.24. The van der Waals surface area contributed by atoms with Crippen LogP contribution in [-0.4, -0.2) is 11.6 Å². The van der Waals surface area contributed by atoms with Gasteiger partial charge in [0.05, 0.1) is 5.92 Å². The molecule has 0 heterocycles. The van der Waals surface area contributed by atoms with Crippen molar-refractivity contribution in [1.29, 1.82) is 0 Å². The highest BCUT2D eigenvalue weighted by Crippen LogP contribution is 2.58. The highest BCUT2D eigenvalue weighted by Gasteiger charge is 2.50. The molecule has 6 aromatic rings. The standard InChI is InChI=1S/C46H32O2/c47-45-41(35-27-15-5-16-28-35)37(31-19-7-1-8-20-31)39(33-23-11-3-12-24-33)43(45)44-40(34-25-13-4-14-26-34)38(32-21-9-2-10-22-32)42(46(44)48)36-29-17-6-18-30-36/h1-30,39,43H/t39-,43-/m0/s1. The number of hydrogen-bond donors (Lipinski definition) is 0. The Morgan fingerprint density at radius 3 is 1.10 bits per heavy atom. The zero-order valence-corrected chi connectivity index (χ0v) is 26.3. The Hall–Kier alpha value is -6.12. The van der Waals surface area contributed by atoms with Crippen LogP contribution >= 0.6 is 0 Å². The van der Waals surface area contributed by atoms with Gasteiger partial charge in [0.25, 0.3) is 0 Å². The van der Waals surface area contributed by atoms with E-state index < -0.39 is 5.92 Å². The van der Waals surface area contributed by atoms with Crippen LogP contribution < -0.4 is 0 Å². The van der Waals surface area contributed by atoms with Crippen LogP contribution in [0, 0.1) is 5.92 Å². The van der Waals surface area contributed by atoms with Crippen LogP contribution in [0.25, 0.3) is 27.9 Å². The van der Waals surface area contributed by atoms with Gasteiger partial charge in [0.2, 0.25) is 0 Å². The smallest absolute Gasteiger partial charge is 0.191 e. The zero-order valence-electron chi connectivity index (χ0n) is 26.3. The third-order valence-corrected chi connectivity index (χ3v) is 9.49. The molecule has 0 saturated heterocycles. The molecule has 0 bridgehead atoms. The first-order valence-corrected chi connectivity index (χ1v) is 16.4. The SMILES string of the molecule is O=C1C(c2ccccc2)=C(c2ccccc2)C(c2ccccc2)=C1[C@H]1C(=O)C(c2ccccc2)=C(c2ccccc2)[C@@H]1c1ccccc1. The Balaban J connectivity index is 1.47. The lowest BCUT2D eigenvalue weighted by atomic mass is 9.75. The fourth-order valence-corrected chi connectivity index (χ4v) is 7.52. The van der Waals surface area contributed by atoms with Crippen molar-refractivity contribution in [2.45, 2.75) is 5.92 Å². The van der Waals surface area contributed by atoms with E-state index in [1.165, 1.54) is 0 Å². The second kappa shape index (κ2) is 12.6. The summed E-state index contributed by atoms with van der Waals surface area (Å²) in [5.41, 5.74) is 10.0. The van der Waals surface area contributed by atoms with Gasteiger partial charge in [0.1, 0.15) is 0 Å². The molecule has 0 spiro atoms. The molecular weight excluding hydrogens is 585 g/mol. The van der Waals surface area contributed by atoms with Crippen molar-refractivity contribution < 1.29 is 9.59 Å². The summed E-state index contributed by atoms with van der Waals surface area (Å²) in [6.45, 7) is 0. The fourth-order valence-electron chi connectivity index (χ4n) is 7.52. The zero-order chi connectivity index (χ0) is 32.5. The van der Waals surface area contributed by atoms with Crippen LogP contribution in [0.1, 0.15) is 39.3 Å². The van der Waals surface area contributed by atoms with E-state index in [1.807, 2.05) is 133 Å². The lowest BCUT2D eigenvalue weighted by Gasteiger charge is -2.25. The predicted molar refractivity (Wildman–Crippen MR) is 195 cm³/mol. The van der Waals surface area contributed by atoms with E-state index in [0.29, 0.717) is 16.7 Å². The highest BCUT2D eigenvalue weighted by atomic mass is 16.1. The summed E-state index contributed by atoms with van der Waals surface area (Å²) in [7, 11) is 0. The molecule has 2 aliphatic carbocycles. The molecule has 2 atom stereocenters. The molecule has 48 heavy (non-hydrogen) atoms. The average molecular weight is 617 g/mol. The van der Waals surface area contributed by atoms with E-state index in [9.17, 15) is 0 Å². The summed E-state index contributed by atoms with van der Waals surface area (Å²) in [5, 5.41) is 0. The molecule has 0 saturated carbocycles. The molecule has 0 aliphatic heterocycles. The first-order chi connectivity index (χ1) is 23.7. The van der Waals surface area contributed by atoms with Crippen LogP contribution in [0.5, 0.6) is 0 Å². The van der Waals surface area contributed by atoms with Crippen LogP contribution in [0.2, 0.25) is 0 Å². The summed E-state index contributed by atoms with van der Waals surface area (Å²) in [5.74, 6) is -1.27. The van der Waals surface area contributed by atoms with Gasteiger partial charge in [-0.15, -0.1) is 0 Å². The monoisotopic (exact) mass is 616 g/mol. The molecule has 0 unspecified atom stereocenters. The van der Waals surface area contributed by atoms with E-state index in [1.54, 1.807) is 0 Å². The minimum Gasteiger partial charge on any atom is -0.293 e. The topological polar surface area (TPSA) is 34.1 Å². The summed E-state index contributed by atoms with van der Waals surface area (Å²) in [6, 6.07) is 60.5. The summed E-state index contributed by atoms with van der Waals surface area (Å²) in [4.78, 5) is 30.8. The highest BCUT2D eigenvalue weighted by molar-refractivity contribution is 6.50. The van der Waals surface area contributed by atoms with Crippen molar-refractivity contribution in [2.24, 2.45) is 5.92 Å². The molecule has 0 fully saturated rings. The Bertz CT molecular complexity index is 2210. The van der Waals surface area contributed by atoms with Crippen LogP contribution in [0.3, 0.4) is 0 Å². The quantitative estimate of drug-likeness (QED) is 0.179. The second-order valence-electron chi connectivity index (χ2n) is 12.2. The summed E-state index contributed by atoms with van der Waals surface area (Å²) in [6.07, 6.45) is 0. The van der Waals surface area contributed by atoms with Gasteiger partial charge in [-0.1, -0.05) is 182 Å². The Labute approximate surface area is 281 Å². The Kier molecular flexibility index (Phi) is 7.68. The van der Waals surface area contributed by atoms with Crippen molar-refractivity contribution in [2.75, 3.05) is 0 Å². The largest absolute Gasteiger partial charge is 0.293 e. The minimum absolute atomic E-state index is 0.0348. The van der Waals surface area contributed by atoms with Crippen molar-refractivity contribution >= 4 is 39.4 Å². The molecule has 6 aromatic carbocycles. The molecule has 2 nitrogen and oxygen atoms in total. The van der Waals surface area contributed by atoms with Crippen LogP contribution in [0.4, 0.5) is 0 Å². The maximum Gasteiger partial charge on any atom is 0.191 e. The first kappa shape index (κ1) is 29.3. The number of carbonyl (C=O) groups excluding carboxylic acids is 2. The van der Waals surface area contributed by atoms with Crippen molar-refractivity contribution in [3.8, 4) is 0 Å². The van der Waals surface area contributed by atoms with Gasteiger partial charge < -0.3 is 0 Å². The molecule has 0 radical (unpaired) electrons. The number of benzene rings is 6. The van der Waals surface area contributed by atoms with E-state index in [-0.39, 0.29) is 17.5 Å². The van der Waals surface area contributed by atoms with Gasteiger partial charge in [-0.05, 0) is 44.5 Å². The van der Waals surface area contributed by atoms with Crippen LogP contribution in [-0.2, 0) is 9.59 Å². The molecule has 0 N–H and O–H groups in total. The van der Waals surface area contributed by atoms with Gasteiger partial charge in [-0.3, -0.25) is 9.59 Å². The van der Waals surface area contributed by atoms with Gasteiger partial charge in [-0.2, -0.15) is 0 Å². The number of carbonyl (C=O) groups is 2. The Morgan fingerprint density at radius 1 is 0.292 bits per heavy atom. The number of Topliss-reactive ketones (excluding diaryl/α,β-unsaturated/α-hetero) is 2. The van der Waals surface area contributed by atoms with E-state index >= 15 is 9.59 Å². The number of rotatable bonds is 7. The van der Waals surface area contributed by atoms with Gasteiger partial charge in [0.15, 0.2) is 11.6 Å². The van der Waals surface area contributed by atoms with Crippen molar-refractivity contribution in [3.05, 3.63) is 221 Å². The molecule has 8 rings (SSSR count). The minimum atomic E-state index is -0.750. The van der Waals surface area contributed by atoms with E-state index in [4.69, 9.17) is 0 Å². The number of ketones is 2. The molecule has 2 aliphatic rings. The van der Waals surface area contributed by atoms with Gasteiger partial charge in [0, 0.05) is 28.2 Å². The average Bonchev–Trinajstić information content (AvgIpc) is 3.64. The number of hydrogen-bond acceptors (Lipinski definition) is 2. The Morgan fingerprint density at radius 2 is 0.646 bits per heavy atom. The third-order valence-electron chi connectivity index (χ3n) is 9.49. The fraction of sp³-hybridized carbons (Fsp3) is 0.0435. The van der Waals surface area contributed by atoms with Gasteiger partial charge in [-0.25, -0.2) is 0 Å². The molecule has 0 amide bonds. The normalized spacial score (nSPS) is 17.8. The van der Waals surface area contributed by atoms with E-state index in [2.05, 4.69) is 48.5 Å². The summed E-state index contributed by atoms with van der Waals surface area (Å²) < 4.78 is 0. The first-order valence-electron chi connectivity index (χ1n) is 16.4. The molecule has 228 valence electrons. The molecule has 0 aromatic heterocycles. The van der Waals surface area contributed by atoms with E-state index in [0.717, 1.165) is 50.1 Å². The number of allylic oxidation sites excluding steroid dienone is 6. The lowest BCUT2D eigenvalue weighted by molar-refractivity contribution is -0.118. The predicted octanol–water partition coefficient (Wildman–Crippen LogP) is 10.2. The second-order valence-corrected chi connectivity index (χ2v) is 12.2. The van der Waals surface area contributed by atoms with Gasteiger partial charge >= 0.3 is 0 Å². The van der Waals surface area contributed by atoms with Crippen molar-refractivity contribution in [3.63, 3.8) is 0 Å². The molecular formula is C46H32O2. The third kappa shape index (κ3) is 4.99. The van der Waals surface area contributed by atoms with Crippen LogP contribution in [0.15, 0.2) is 188 Å².